The molecule has 0 bridgehead atoms. The van der Waals surface area contributed by atoms with Gasteiger partial charge in [-0.05, 0) is 24.0 Å². The molecule has 0 saturated heterocycles. The Morgan fingerprint density at radius 2 is 2.20 bits per heavy atom. The molecule has 0 spiro atoms. The number of nitriles is 1. The summed E-state index contributed by atoms with van der Waals surface area (Å²) in [6, 6.07) is 8.08. The van der Waals surface area contributed by atoms with E-state index in [1.165, 1.54) is 0 Å². The van der Waals surface area contributed by atoms with Crippen LogP contribution in [-0.4, -0.2) is 6.04 Å². The molecule has 78 valence electrons. The molecule has 1 aliphatic rings. The molecule has 1 fully saturated rings. The maximum absolute atomic E-state index is 8.84. The highest BCUT2D eigenvalue weighted by molar-refractivity contribution is 5.73. The van der Waals surface area contributed by atoms with E-state index >= 15 is 0 Å². The van der Waals surface area contributed by atoms with E-state index in [2.05, 4.69) is 25.2 Å². The quantitative estimate of drug-likeness (QED) is 0.722. The molecule has 2 rings (SSSR count). The Balaban J connectivity index is 2.20. The zero-order valence-corrected chi connectivity index (χ0v) is 9.04. The summed E-state index contributed by atoms with van der Waals surface area (Å²) in [4.78, 5) is 0. The first-order valence-electron chi connectivity index (χ1n) is 5.10. The van der Waals surface area contributed by atoms with Crippen molar-refractivity contribution in [2.24, 2.45) is 5.41 Å². The van der Waals surface area contributed by atoms with Gasteiger partial charge in [-0.3, -0.25) is 0 Å². The first-order chi connectivity index (χ1) is 7.04. The zero-order valence-electron chi connectivity index (χ0n) is 9.04. The zero-order chi connectivity index (χ0) is 11.1. The smallest absolute Gasteiger partial charge is 0.101 e. The normalized spacial score (nSPS) is 21.8. The third kappa shape index (κ3) is 1.75. The first kappa shape index (κ1) is 9.85. The summed E-state index contributed by atoms with van der Waals surface area (Å²) in [7, 11) is 0. The Bertz CT molecular complexity index is 429. The molecule has 15 heavy (non-hydrogen) atoms. The van der Waals surface area contributed by atoms with Gasteiger partial charge in [-0.15, -0.1) is 0 Å². The molecule has 1 aliphatic carbocycles. The van der Waals surface area contributed by atoms with Crippen LogP contribution >= 0.6 is 0 Å². The highest BCUT2D eigenvalue weighted by Gasteiger charge is 2.45. The fourth-order valence-corrected chi connectivity index (χ4v) is 1.69. The molecule has 0 aliphatic heterocycles. The van der Waals surface area contributed by atoms with Crippen LogP contribution in [0.4, 0.5) is 11.4 Å². The summed E-state index contributed by atoms with van der Waals surface area (Å²) in [5, 5.41) is 12.2. The topological polar surface area (TPSA) is 61.8 Å². The van der Waals surface area contributed by atoms with E-state index in [9.17, 15) is 0 Å². The molecule has 1 unspecified atom stereocenters. The second-order valence-electron chi connectivity index (χ2n) is 4.77. The van der Waals surface area contributed by atoms with Crippen LogP contribution < -0.4 is 11.1 Å². The lowest BCUT2D eigenvalue weighted by molar-refractivity contribution is 0.631. The predicted molar refractivity (Wildman–Crippen MR) is 61.4 cm³/mol. The van der Waals surface area contributed by atoms with E-state index in [0.717, 1.165) is 12.1 Å². The molecule has 3 nitrogen and oxygen atoms in total. The molecular formula is C12H15N3. The molecule has 0 radical (unpaired) electrons. The summed E-state index contributed by atoms with van der Waals surface area (Å²) in [5.41, 5.74) is 8.21. The molecular weight excluding hydrogens is 186 g/mol. The standard InChI is InChI=1S/C12H15N3/c1-12(2)6-10(12)15-9-5-3-4-8(7-13)11(9)14/h3-5,10,15H,6,14H2,1-2H3. The first-order valence-corrected chi connectivity index (χ1v) is 5.10. The number of nitrogens with two attached hydrogens (primary N) is 1. The van der Waals surface area contributed by atoms with Crippen LogP contribution in [0.3, 0.4) is 0 Å². The van der Waals surface area contributed by atoms with Crippen molar-refractivity contribution in [2.45, 2.75) is 26.3 Å². The lowest BCUT2D eigenvalue weighted by Crippen LogP contribution is -2.10. The highest BCUT2D eigenvalue weighted by atomic mass is 15.0. The van der Waals surface area contributed by atoms with Gasteiger partial charge in [0, 0.05) is 6.04 Å². The van der Waals surface area contributed by atoms with Gasteiger partial charge in [0.15, 0.2) is 0 Å². The molecule has 1 atom stereocenters. The van der Waals surface area contributed by atoms with Crippen molar-refractivity contribution in [3.8, 4) is 6.07 Å². The summed E-state index contributed by atoms with van der Waals surface area (Å²) in [6.45, 7) is 4.43. The average Bonchev–Trinajstić information content (AvgIpc) is 2.77. The molecule has 0 heterocycles. The van der Waals surface area contributed by atoms with Gasteiger partial charge in [0.2, 0.25) is 0 Å². The van der Waals surface area contributed by atoms with Gasteiger partial charge in [-0.2, -0.15) is 5.26 Å². The van der Waals surface area contributed by atoms with Crippen molar-refractivity contribution in [2.75, 3.05) is 11.1 Å². The van der Waals surface area contributed by atoms with Gasteiger partial charge in [0.05, 0.1) is 16.9 Å². The maximum atomic E-state index is 8.84. The highest BCUT2D eigenvalue weighted by Crippen LogP contribution is 2.47. The lowest BCUT2D eigenvalue weighted by Gasteiger charge is -2.11. The second-order valence-corrected chi connectivity index (χ2v) is 4.77. The monoisotopic (exact) mass is 201 g/mol. The third-order valence-corrected chi connectivity index (χ3v) is 3.07. The van der Waals surface area contributed by atoms with E-state index in [1.807, 2.05) is 12.1 Å². The predicted octanol–water partition coefficient (Wildman–Crippen LogP) is 2.35. The van der Waals surface area contributed by atoms with Crippen molar-refractivity contribution in [1.29, 1.82) is 5.26 Å². The fraction of sp³-hybridized carbons (Fsp3) is 0.417. The Labute approximate surface area is 89.9 Å². The van der Waals surface area contributed by atoms with Crippen LogP contribution in [0.1, 0.15) is 25.8 Å². The Kier molecular flexibility index (Phi) is 2.08. The van der Waals surface area contributed by atoms with Gasteiger partial charge in [-0.1, -0.05) is 19.9 Å². The fourth-order valence-electron chi connectivity index (χ4n) is 1.69. The summed E-state index contributed by atoms with van der Waals surface area (Å²) in [5.74, 6) is 0. The van der Waals surface area contributed by atoms with Crippen LogP contribution in [0.5, 0.6) is 0 Å². The Morgan fingerprint density at radius 1 is 1.53 bits per heavy atom. The summed E-state index contributed by atoms with van der Waals surface area (Å²) in [6.07, 6.45) is 1.16. The minimum Gasteiger partial charge on any atom is -0.396 e. The largest absolute Gasteiger partial charge is 0.396 e. The number of anilines is 2. The number of hydrogen-bond acceptors (Lipinski definition) is 3. The third-order valence-electron chi connectivity index (χ3n) is 3.07. The van der Waals surface area contributed by atoms with E-state index in [0.29, 0.717) is 22.7 Å². The summed E-state index contributed by atoms with van der Waals surface area (Å²) < 4.78 is 0. The number of rotatable bonds is 2. The Hall–Kier alpha value is -1.69. The molecule has 3 heteroatoms. The lowest BCUT2D eigenvalue weighted by atomic mass is 10.1. The van der Waals surface area contributed by atoms with Crippen LogP contribution in [0, 0.1) is 16.7 Å². The number of nitrogens with zero attached hydrogens (tertiary/aromatic N) is 1. The van der Waals surface area contributed by atoms with Gasteiger partial charge >= 0.3 is 0 Å². The van der Waals surface area contributed by atoms with Crippen molar-refractivity contribution >= 4 is 11.4 Å². The van der Waals surface area contributed by atoms with Gasteiger partial charge in [0.1, 0.15) is 6.07 Å². The van der Waals surface area contributed by atoms with Crippen LogP contribution in [0.25, 0.3) is 0 Å². The van der Waals surface area contributed by atoms with Crippen molar-refractivity contribution < 1.29 is 0 Å². The molecule has 1 aromatic carbocycles. The number of nitrogens with one attached hydrogen (secondary N) is 1. The minimum absolute atomic E-state index is 0.356. The van der Waals surface area contributed by atoms with Gasteiger partial charge in [0.25, 0.3) is 0 Å². The molecule has 3 N–H and O–H groups in total. The minimum atomic E-state index is 0.356. The molecule has 0 aromatic heterocycles. The molecule has 0 amide bonds. The van der Waals surface area contributed by atoms with Crippen molar-refractivity contribution in [3.05, 3.63) is 23.8 Å². The average molecular weight is 201 g/mol. The van der Waals surface area contributed by atoms with E-state index < -0.39 is 0 Å². The number of para-hydroxylation sites is 1. The second kappa shape index (κ2) is 3.16. The van der Waals surface area contributed by atoms with Gasteiger partial charge < -0.3 is 11.1 Å². The maximum Gasteiger partial charge on any atom is 0.101 e. The number of nitrogen functional groups attached to an aromatic ring is 1. The van der Waals surface area contributed by atoms with Crippen molar-refractivity contribution in [3.63, 3.8) is 0 Å². The van der Waals surface area contributed by atoms with E-state index in [1.54, 1.807) is 6.07 Å². The van der Waals surface area contributed by atoms with Crippen LogP contribution in [-0.2, 0) is 0 Å². The number of hydrogen-bond donors (Lipinski definition) is 2. The van der Waals surface area contributed by atoms with Crippen LogP contribution in [0.2, 0.25) is 0 Å². The Morgan fingerprint density at radius 3 is 2.73 bits per heavy atom. The van der Waals surface area contributed by atoms with Crippen molar-refractivity contribution in [1.82, 2.24) is 0 Å². The van der Waals surface area contributed by atoms with Crippen LogP contribution in [0.15, 0.2) is 18.2 Å². The van der Waals surface area contributed by atoms with E-state index in [-0.39, 0.29) is 0 Å². The SMILES string of the molecule is CC1(C)CC1Nc1cccc(C#N)c1N. The molecule has 1 aromatic rings. The summed E-state index contributed by atoms with van der Waals surface area (Å²) >= 11 is 0. The number of benzene rings is 1. The van der Waals surface area contributed by atoms with Gasteiger partial charge in [-0.25, -0.2) is 0 Å². The molecule has 1 saturated carbocycles. The van der Waals surface area contributed by atoms with E-state index in [4.69, 9.17) is 11.0 Å².